The summed E-state index contributed by atoms with van der Waals surface area (Å²) in [6.07, 6.45) is 14.4. The van der Waals surface area contributed by atoms with Crippen LogP contribution in [-0.2, 0) is 4.79 Å². The molecule has 4 fully saturated rings. The van der Waals surface area contributed by atoms with E-state index in [9.17, 15) is 14.7 Å². The molecule has 6 heteroatoms. The second kappa shape index (κ2) is 9.96. The molecule has 5 aliphatic rings. The number of fused-ring (bicyclic) bond motifs is 5. The number of aliphatic hydroxyl groups excluding tert-OH is 1. The lowest BCUT2D eigenvalue weighted by Crippen LogP contribution is -2.50. The van der Waals surface area contributed by atoms with Crippen molar-refractivity contribution in [2.24, 2.45) is 40.4 Å². The van der Waals surface area contributed by atoms with E-state index in [1.807, 2.05) is 4.90 Å². The van der Waals surface area contributed by atoms with Gasteiger partial charge in [-0.05, 0) is 105 Å². The number of nitrogens with zero attached hydrogens (tertiary/aromatic N) is 1. The van der Waals surface area contributed by atoms with Crippen molar-refractivity contribution in [2.75, 3.05) is 20.1 Å². The monoisotopic (exact) mass is 499 g/mol. The zero-order valence-corrected chi connectivity index (χ0v) is 23.0. The summed E-state index contributed by atoms with van der Waals surface area (Å²) in [4.78, 5) is 26.5. The molecule has 1 saturated heterocycles. The van der Waals surface area contributed by atoms with Gasteiger partial charge < -0.3 is 20.6 Å². The molecule has 4 aliphatic carbocycles. The van der Waals surface area contributed by atoms with Crippen molar-refractivity contribution in [3.05, 3.63) is 11.6 Å². The predicted molar refractivity (Wildman–Crippen MR) is 142 cm³/mol. The number of hydrogen-bond acceptors (Lipinski definition) is 3. The lowest BCUT2D eigenvalue weighted by Gasteiger charge is -2.58. The van der Waals surface area contributed by atoms with E-state index in [0.29, 0.717) is 35.6 Å². The van der Waals surface area contributed by atoms with Gasteiger partial charge in [0.25, 0.3) is 0 Å². The summed E-state index contributed by atoms with van der Waals surface area (Å²) in [6, 6.07) is -0.100. The third-order valence-electron chi connectivity index (χ3n) is 11.8. The van der Waals surface area contributed by atoms with Crippen molar-refractivity contribution in [1.82, 2.24) is 15.5 Å². The van der Waals surface area contributed by atoms with Crippen LogP contribution in [0.5, 0.6) is 0 Å². The molecule has 5 rings (SSSR count). The van der Waals surface area contributed by atoms with E-state index in [2.05, 4.69) is 37.5 Å². The fourth-order valence-electron chi connectivity index (χ4n) is 9.69. The Morgan fingerprint density at radius 2 is 1.94 bits per heavy atom. The molecule has 0 spiro atoms. The van der Waals surface area contributed by atoms with E-state index in [1.165, 1.54) is 32.1 Å². The van der Waals surface area contributed by atoms with Crippen LogP contribution in [0.4, 0.5) is 4.79 Å². The van der Waals surface area contributed by atoms with Gasteiger partial charge in [-0.2, -0.15) is 0 Å². The summed E-state index contributed by atoms with van der Waals surface area (Å²) in [7, 11) is 1.62. The largest absolute Gasteiger partial charge is 0.393 e. The van der Waals surface area contributed by atoms with Crippen molar-refractivity contribution >= 4 is 11.9 Å². The Labute approximate surface area is 218 Å². The Bertz CT molecular complexity index is 889. The Kier molecular flexibility index (Phi) is 7.21. The molecule has 3 N–H and O–H groups in total. The summed E-state index contributed by atoms with van der Waals surface area (Å²) < 4.78 is 0. The lowest BCUT2D eigenvalue weighted by molar-refractivity contribution is -0.130. The maximum Gasteiger partial charge on any atom is 0.314 e. The molecule has 36 heavy (non-hydrogen) atoms. The van der Waals surface area contributed by atoms with Gasteiger partial charge in [-0.25, -0.2) is 4.79 Å². The van der Waals surface area contributed by atoms with Gasteiger partial charge >= 0.3 is 6.03 Å². The molecular weight excluding hydrogens is 450 g/mol. The molecule has 6 nitrogen and oxygen atoms in total. The number of hydrogen-bond donors (Lipinski definition) is 3. The van der Waals surface area contributed by atoms with Crippen LogP contribution < -0.4 is 10.6 Å². The number of amides is 3. The minimum Gasteiger partial charge on any atom is -0.393 e. The molecule has 9 atom stereocenters. The Hall–Kier alpha value is -1.56. The Morgan fingerprint density at radius 3 is 2.72 bits per heavy atom. The maximum atomic E-state index is 13.0. The van der Waals surface area contributed by atoms with E-state index >= 15 is 0 Å². The first-order valence-electron chi connectivity index (χ1n) is 14.8. The van der Waals surface area contributed by atoms with Crippen LogP contribution in [0.1, 0.15) is 91.4 Å². The van der Waals surface area contributed by atoms with Crippen LogP contribution in [-0.4, -0.2) is 54.2 Å². The van der Waals surface area contributed by atoms with Crippen LogP contribution in [0.3, 0.4) is 0 Å². The summed E-state index contributed by atoms with van der Waals surface area (Å²) in [5.74, 6) is 3.91. The number of urea groups is 1. The van der Waals surface area contributed by atoms with Gasteiger partial charge in [0.2, 0.25) is 5.91 Å². The molecule has 202 valence electrons. The van der Waals surface area contributed by atoms with Gasteiger partial charge in [-0.1, -0.05) is 32.4 Å². The minimum atomic E-state index is -0.165. The molecule has 0 radical (unpaired) electrons. The molecule has 0 bridgehead atoms. The molecule has 1 heterocycles. The number of carbonyl (C=O) groups is 2. The van der Waals surface area contributed by atoms with Crippen LogP contribution in [0, 0.1) is 40.4 Å². The molecule has 0 aromatic rings. The Balaban J connectivity index is 1.18. The van der Waals surface area contributed by atoms with E-state index in [0.717, 1.165) is 56.4 Å². The van der Waals surface area contributed by atoms with Gasteiger partial charge in [-0.15, -0.1) is 0 Å². The number of likely N-dealkylation sites (tertiary alicyclic amines) is 1. The summed E-state index contributed by atoms with van der Waals surface area (Å²) in [5, 5.41) is 15.8. The molecule has 3 amide bonds. The van der Waals surface area contributed by atoms with Crippen LogP contribution in [0.2, 0.25) is 0 Å². The Morgan fingerprint density at radius 1 is 1.14 bits per heavy atom. The topological polar surface area (TPSA) is 81.7 Å². The lowest BCUT2D eigenvalue weighted by atomic mass is 9.47. The third-order valence-corrected chi connectivity index (χ3v) is 11.8. The molecule has 2 unspecified atom stereocenters. The molecule has 1 aliphatic heterocycles. The quantitative estimate of drug-likeness (QED) is 0.472. The van der Waals surface area contributed by atoms with E-state index < -0.39 is 0 Å². The first-order valence-corrected chi connectivity index (χ1v) is 14.8. The normalized spacial score (nSPS) is 42.6. The second-order valence-electron chi connectivity index (χ2n) is 13.4. The van der Waals surface area contributed by atoms with Gasteiger partial charge in [-0.3, -0.25) is 4.79 Å². The van der Waals surface area contributed by atoms with Crippen LogP contribution in [0.15, 0.2) is 11.6 Å². The van der Waals surface area contributed by atoms with Crippen LogP contribution >= 0.6 is 0 Å². The van der Waals surface area contributed by atoms with Gasteiger partial charge in [0.1, 0.15) is 0 Å². The molecule has 0 aromatic heterocycles. The first-order chi connectivity index (χ1) is 17.2. The number of aliphatic hydroxyl groups is 1. The van der Waals surface area contributed by atoms with Crippen molar-refractivity contribution in [1.29, 1.82) is 0 Å². The van der Waals surface area contributed by atoms with Gasteiger partial charge in [0.15, 0.2) is 0 Å². The molecule has 3 saturated carbocycles. The zero-order valence-electron chi connectivity index (χ0n) is 23.0. The molecule has 0 aromatic carbocycles. The third kappa shape index (κ3) is 4.50. The summed E-state index contributed by atoms with van der Waals surface area (Å²) in [6.45, 7) is 8.89. The minimum absolute atomic E-state index is 0.0651. The van der Waals surface area contributed by atoms with Crippen molar-refractivity contribution < 1.29 is 14.7 Å². The number of rotatable bonds is 5. The SMILES string of the molecule is CNC(=O)NC1CCN(C(=O)CCC(C)[C@H]2CC[C@H]3[C@@H]4CC=C5C[C@@H](O)CC[C@]5(C)[C@H]4CC[C@]23C)C1. The fourth-order valence-corrected chi connectivity index (χ4v) is 9.69. The number of allylic oxidation sites excluding steroid dienone is 1. The highest BCUT2D eigenvalue weighted by Gasteiger charge is 2.59. The average molecular weight is 500 g/mol. The average Bonchev–Trinajstić information content (AvgIpc) is 3.46. The van der Waals surface area contributed by atoms with Gasteiger partial charge in [0.05, 0.1) is 6.10 Å². The number of carbonyl (C=O) groups excluding carboxylic acids is 2. The fraction of sp³-hybridized carbons (Fsp3) is 0.867. The smallest absolute Gasteiger partial charge is 0.314 e. The van der Waals surface area contributed by atoms with Crippen molar-refractivity contribution in [2.45, 2.75) is 104 Å². The van der Waals surface area contributed by atoms with E-state index in [1.54, 1.807) is 12.6 Å². The van der Waals surface area contributed by atoms with Crippen molar-refractivity contribution in [3.63, 3.8) is 0 Å². The van der Waals surface area contributed by atoms with Crippen LogP contribution in [0.25, 0.3) is 0 Å². The van der Waals surface area contributed by atoms with E-state index in [-0.39, 0.29) is 24.1 Å². The highest BCUT2D eigenvalue weighted by atomic mass is 16.3. The van der Waals surface area contributed by atoms with Gasteiger partial charge in [0, 0.05) is 32.6 Å². The molecular formula is C30H49N3O3. The zero-order chi connectivity index (χ0) is 25.7. The predicted octanol–water partition coefficient (Wildman–Crippen LogP) is 4.87. The number of nitrogens with one attached hydrogen (secondary N) is 2. The maximum absolute atomic E-state index is 13.0. The standard InChI is InChI=1S/C30H49N3O3/c1-19(5-10-27(35)33-16-13-21(18-33)32-28(36)31-4)24-8-9-25-23-7-6-20-17-22(34)11-14-29(20,2)26(23)12-15-30(24,25)3/h6,19,21-26,34H,5,7-18H2,1-4H3,(H2,31,32,36)/t19?,21?,22-,23-,24+,25-,26-,29-,30+/m0/s1. The highest BCUT2D eigenvalue weighted by Crippen LogP contribution is 2.67. The second-order valence-corrected chi connectivity index (χ2v) is 13.4. The summed E-state index contributed by atoms with van der Waals surface area (Å²) in [5.41, 5.74) is 2.26. The van der Waals surface area contributed by atoms with E-state index in [4.69, 9.17) is 0 Å². The first kappa shape index (κ1) is 26.1. The highest BCUT2D eigenvalue weighted by molar-refractivity contribution is 5.77. The summed E-state index contributed by atoms with van der Waals surface area (Å²) >= 11 is 0. The van der Waals surface area contributed by atoms with Crippen molar-refractivity contribution in [3.8, 4) is 0 Å².